The summed E-state index contributed by atoms with van der Waals surface area (Å²) in [6, 6.07) is 0.364. The van der Waals surface area contributed by atoms with Crippen molar-refractivity contribution in [3.8, 4) is 0 Å². The van der Waals surface area contributed by atoms with Gasteiger partial charge in [-0.3, -0.25) is 4.79 Å². The van der Waals surface area contributed by atoms with Gasteiger partial charge in [0, 0.05) is 19.0 Å². The van der Waals surface area contributed by atoms with Crippen molar-refractivity contribution < 1.29 is 4.79 Å². The molecule has 1 unspecified atom stereocenters. The van der Waals surface area contributed by atoms with E-state index < -0.39 is 0 Å². The van der Waals surface area contributed by atoms with Crippen molar-refractivity contribution in [2.45, 2.75) is 39.2 Å². The standard InChI is InChI=1S/C9H15NOS/c1-3-4-7(2)10-6-5-8(12)9(10)11/h7H,3-6H2,1-2H3. The maximum absolute atomic E-state index is 11.4. The van der Waals surface area contributed by atoms with Crippen LogP contribution in [0, 0.1) is 0 Å². The van der Waals surface area contributed by atoms with Gasteiger partial charge >= 0.3 is 0 Å². The Hall–Kier alpha value is -0.440. The third-order valence-corrected chi connectivity index (χ3v) is 2.70. The number of rotatable bonds is 3. The Morgan fingerprint density at radius 1 is 1.67 bits per heavy atom. The Morgan fingerprint density at radius 3 is 2.75 bits per heavy atom. The molecule has 0 N–H and O–H groups in total. The monoisotopic (exact) mass is 185 g/mol. The second-order valence-electron chi connectivity index (χ2n) is 3.31. The van der Waals surface area contributed by atoms with E-state index in [1.807, 2.05) is 4.90 Å². The first-order valence-electron chi connectivity index (χ1n) is 4.50. The van der Waals surface area contributed by atoms with Gasteiger partial charge in [0.15, 0.2) is 0 Å². The maximum atomic E-state index is 11.4. The second kappa shape index (κ2) is 3.99. The third-order valence-electron chi connectivity index (χ3n) is 2.32. The number of nitrogens with zero attached hydrogens (tertiary/aromatic N) is 1. The minimum absolute atomic E-state index is 0.0888. The molecule has 1 heterocycles. The summed E-state index contributed by atoms with van der Waals surface area (Å²) in [6.07, 6.45) is 2.98. The van der Waals surface area contributed by atoms with Crippen molar-refractivity contribution in [2.75, 3.05) is 6.54 Å². The summed E-state index contributed by atoms with van der Waals surface area (Å²) < 4.78 is 0. The molecule has 0 aromatic rings. The van der Waals surface area contributed by atoms with Crippen LogP contribution in [0.2, 0.25) is 0 Å². The number of carbonyl (C=O) groups excluding carboxylic acids is 1. The van der Waals surface area contributed by atoms with E-state index in [9.17, 15) is 4.79 Å². The zero-order valence-electron chi connectivity index (χ0n) is 7.67. The van der Waals surface area contributed by atoms with Crippen LogP contribution in [-0.2, 0) is 4.79 Å². The summed E-state index contributed by atoms with van der Waals surface area (Å²) >= 11 is 4.93. The van der Waals surface area contributed by atoms with Crippen molar-refractivity contribution >= 4 is 23.0 Å². The fraction of sp³-hybridized carbons (Fsp3) is 0.778. The van der Waals surface area contributed by atoms with Gasteiger partial charge in [0.05, 0.1) is 4.86 Å². The largest absolute Gasteiger partial charge is 0.335 e. The Bertz CT molecular complexity index is 203. The molecule has 1 saturated heterocycles. The number of hydrogen-bond donors (Lipinski definition) is 0. The molecule has 0 saturated carbocycles. The SMILES string of the molecule is CCCC(C)N1CCC(=S)C1=O. The van der Waals surface area contributed by atoms with Crippen LogP contribution < -0.4 is 0 Å². The molecule has 1 aliphatic heterocycles. The average Bonchev–Trinajstić information content (AvgIpc) is 2.34. The second-order valence-corrected chi connectivity index (χ2v) is 3.80. The van der Waals surface area contributed by atoms with Gasteiger partial charge in [-0.05, 0) is 13.3 Å². The number of hydrogen-bond acceptors (Lipinski definition) is 2. The molecule has 0 aromatic heterocycles. The molecule has 0 bridgehead atoms. The van der Waals surface area contributed by atoms with E-state index in [0.29, 0.717) is 10.9 Å². The molecule has 12 heavy (non-hydrogen) atoms. The lowest BCUT2D eigenvalue weighted by Gasteiger charge is -2.22. The minimum Gasteiger partial charge on any atom is -0.335 e. The Morgan fingerprint density at radius 2 is 2.33 bits per heavy atom. The predicted octanol–water partition coefficient (Wildman–Crippen LogP) is 1.78. The summed E-state index contributed by atoms with van der Waals surface area (Å²) in [5, 5.41) is 0. The van der Waals surface area contributed by atoms with Crippen LogP contribution >= 0.6 is 12.2 Å². The highest BCUT2D eigenvalue weighted by atomic mass is 32.1. The molecule has 68 valence electrons. The van der Waals surface area contributed by atoms with Crippen LogP contribution in [0.5, 0.6) is 0 Å². The normalized spacial score (nSPS) is 20.3. The number of carbonyl (C=O) groups is 1. The van der Waals surface area contributed by atoms with Gasteiger partial charge in [-0.25, -0.2) is 0 Å². The van der Waals surface area contributed by atoms with E-state index in [1.165, 1.54) is 0 Å². The molecular formula is C9H15NOS. The van der Waals surface area contributed by atoms with Gasteiger partial charge in [0.2, 0.25) is 0 Å². The lowest BCUT2D eigenvalue weighted by molar-refractivity contribution is -0.124. The van der Waals surface area contributed by atoms with E-state index in [0.717, 1.165) is 25.8 Å². The Balaban J connectivity index is 2.53. The maximum Gasteiger partial charge on any atom is 0.260 e. The molecule has 3 heteroatoms. The highest BCUT2D eigenvalue weighted by molar-refractivity contribution is 7.82. The van der Waals surface area contributed by atoms with Crippen LogP contribution in [-0.4, -0.2) is 28.3 Å². The van der Waals surface area contributed by atoms with E-state index in [2.05, 4.69) is 13.8 Å². The van der Waals surface area contributed by atoms with Crippen LogP contribution in [0.15, 0.2) is 0 Å². The van der Waals surface area contributed by atoms with Gasteiger partial charge in [-0.1, -0.05) is 25.6 Å². The first kappa shape index (κ1) is 9.65. The van der Waals surface area contributed by atoms with E-state index >= 15 is 0 Å². The minimum atomic E-state index is 0.0888. The number of thiocarbonyl (C=S) groups is 1. The van der Waals surface area contributed by atoms with Crippen LogP contribution in [0.3, 0.4) is 0 Å². The first-order chi connectivity index (χ1) is 5.66. The molecule has 0 radical (unpaired) electrons. The molecule has 1 atom stereocenters. The molecule has 0 spiro atoms. The summed E-state index contributed by atoms with van der Waals surface area (Å²) in [6.45, 7) is 5.06. The molecular weight excluding hydrogens is 170 g/mol. The van der Waals surface area contributed by atoms with Crippen molar-refractivity contribution in [3.63, 3.8) is 0 Å². The van der Waals surface area contributed by atoms with Crippen molar-refractivity contribution in [1.29, 1.82) is 0 Å². The molecule has 1 fully saturated rings. The van der Waals surface area contributed by atoms with Crippen molar-refractivity contribution in [1.82, 2.24) is 4.90 Å². The lowest BCUT2D eigenvalue weighted by atomic mass is 10.2. The van der Waals surface area contributed by atoms with E-state index in [4.69, 9.17) is 12.2 Å². The molecule has 1 rings (SSSR count). The van der Waals surface area contributed by atoms with Gasteiger partial charge in [-0.15, -0.1) is 0 Å². The van der Waals surface area contributed by atoms with Gasteiger partial charge in [0.1, 0.15) is 0 Å². The highest BCUT2D eigenvalue weighted by Gasteiger charge is 2.28. The highest BCUT2D eigenvalue weighted by Crippen LogP contribution is 2.14. The third kappa shape index (κ3) is 1.83. The number of likely N-dealkylation sites (tertiary alicyclic amines) is 1. The van der Waals surface area contributed by atoms with E-state index in [1.54, 1.807) is 0 Å². The molecule has 0 aromatic carbocycles. The molecule has 1 aliphatic rings. The quantitative estimate of drug-likeness (QED) is 0.625. The zero-order chi connectivity index (χ0) is 9.14. The first-order valence-corrected chi connectivity index (χ1v) is 4.91. The molecule has 0 aliphatic carbocycles. The van der Waals surface area contributed by atoms with Crippen molar-refractivity contribution in [2.24, 2.45) is 0 Å². The lowest BCUT2D eigenvalue weighted by Crippen LogP contribution is -2.35. The van der Waals surface area contributed by atoms with Gasteiger partial charge in [0.25, 0.3) is 5.91 Å². The summed E-state index contributed by atoms with van der Waals surface area (Å²) in [7, 11) is 0. The average molecular weight is 185 g/mol. The summed E-state index contributed by atoms with van der Waals surface area (Å²) in [5.41, 5.74) is 0. The van der Waals surface area contributed by atoms with Gasteiger partial charge in [-0.2, -0.15) is 0 Å². The van der Waals surface area contributed by atoms with Crippen molar-refractivity contribution in [3.05, 3.63) is 0 Å². The topological polar surface area (TPSA) is 20.3 Å². The molecule has 1 amide bonds. The van der Waals surface area contributed by atoms with E-state index in [-0.39, 0.29) is 5.91 Å². The zero-order valence-corrected chi connectivity index (χ0v) is 8.49. The Kier molecular flexibility index (Phi) is 3.20. The smallest absolute Gasteiger partial charge is 0.260 e. The predicted molar refractivity (Wildman–Crippen MR) is 53.3 cm³/mol. The summed E-state index contributed by atoms with van der Waals surface area (Å²) in [4.78, 5) is 13.9. The fourth-order valence-electron chi connectivity index (χ4n) is 1.58. The van der Waals surface area contributed by atoms with Crippen LogP contribution in [0.1, 0.15) is 33.1 Å². The fourth-order valence-corrected chi connectivity index (χ4v) is 1.79. The Labute approximate surface area is 78.9 Å². The van der Waals surface area contributed by atoms with Crippen LogP contribution in [0.4, 0.5) is 0 Å². The number of amides is 1. The van der Waals surface area contributed by atoms with Gasteiger partial charge < -0.3 is 4.90 Å². The van der Waals surface area contributed by atoms with Crippen LogP contribution in [0.25, 0.3) is 0 Å². The summed E-state index contributed by atoms with van der Waals surface area (Å²) in [5.74, 6) is 0.0888. The molecule has 2 nitrogen and oxygen atoms in total.